The maximum atomic E-state index is 12.9. The van der Waals surface area contributed by atoms with Gasteiger partial charge in [-0.05, 0) is 29.8 Å². The third-order valence-corrected chi connectivity index (χ3v) is 3.76. The molecule has 0 saturated heterocycles. The third kappa shape index (κ3) is 4.79. The van der Waals surface area contributed by atoms with Crippen molar-refractivity contribution in [3.63, 3.8) is 0 Å². The molecular weight excluding hydrogens is 373 g/mol. The van der Waals surface area contributed by atoms with Gasteiger partial charge < -0.3 is 9.57 Å². The first-order valence-corrected chi connectivity index (χ1v) is 8.15. The second kappa shape index (κ2) is 7.99. The van der Waals surface area contributed by atoms with Crippen LogP contribution in [0.2, 0.25) is 0 Å². The van der Waals surface area contributed by atoms with Crippen LogP contribution in [0.1, 0.15) is 10.4 Å². The lowest BCUT2D eigenvalue weighted by atomic mass is 10.0. The van der Waals surface area contributed by atoms with E-state index in [9.17, 15) is 18.0 Å². The van der Waals surface area contributed by atoms with Gasteiger partial charge in [-0.25, -0.2) is 9.86 Å². The summed E-state index contributed by atoms with van der Waals surface area (Å²) in [6.07, 6.45) is -2.04. The zero-order valence-corrected chi connectivity index (χ0v) is 14.7. The van der Waals surface area contributed by atoms with Gasteiger partial charge >= 0.3 is 12.3 Å². The van der Waals surface area contributed by atoms with Gasteiger partial charge in [-0.2, -0.15) is 0 Å². The lowest BCUT2D eigenvalue weighted by Crippen LogP contribution is -2.23. The molecule has 0 aliphatic heterocycles. The number of aromatic nitrogens is 1. The molecular formula is C20H15F3N2O3. The minimum Gasteiger partial charge on any atom is -0.405 e. The monoisotopic (exact) mass is 388 g/mol. The number of carbonyl (C=O) groups is 1. The summed E-state index contributed by atoms with van der Waals surface area (Å²) >= 11 is 0. The standard InChI is InChI=1S/C20H15F3N2O3/c1-25(28-19(26)15-8-5-11-24-13-15)16-9-10-17(14-6-3-2-4-7-14)18(12-16)27-20(21,22)23/h2-13H,1H3. The number of hydrogen-bond acceptors (Lipinski definition) is 5. The molecule has 3 rings (SSSR count). The third-order valence-electron chi connectivity index (χ3n) is 3.76. The number of halogens is 3. The number of alkyl halides is 3. The summed E-state index contributed by atoms with van der Waals surface area (Å²) in [7, 11) is 1.41. The Morgan fingerprint density at radius 2 is 1.79 bits per heavy atom. The smallest absolute Gasteiger partial charge is 0.405 e. The number of hydroxylamine groups is 1. The van der Waals surface area contributed by atoms with E-state index in [1.165, 1.54) is 37.6 Å². The lowest BCUT2D eigenvalue weighted by molar-refractivity contribution is -0.274. The summed E-state index contributed by atoms with van der Waals surface area (Å²) in [4.78, 5) is 21.1. The summed E-state index contributed by atoms with van der Waals surface area (Å²) in [5.74, 6) is -1.10. The van der Waals surface area contributed by atoms with Crippen LogP contribution < -0.4 is 9.80 Å². The number of pyridine rings is 1. The molecule has 0 aliphatic rings. The maximum absolute atomic E-state index is 12.9. The lowest BCUT2D eigenvalue weighted by Gasteiger charge is -2.21. The first-order chi connectivity index (χ1) is 13.3. The van der Waals surface area contributed by atoms with Crippen molar-refractivity contribution in [2.75, 3.05) is 12.1 Å². The largest absolute Gasteiger partial charge is 0.573 e. The van der Waals surface area contributed by atoms with Crippen molar-refractivity contribution in [3.05, 3.63) is 78.6 Å². The maximum Gasteiger partial charge on any atom is 0.573 e. The van der Waals surface area contributed by atoms with Gasteiger partial charge in [-0.3, -0.25) is 4.98 Å². The molecule has 2 aromatic carbocycles. The molecule has 0 fully saturated rings. The fraction of sp³-hybridized carbons (Fsp3) is 0.100. The van der Waals surface area contributed by atoms with Crippen LogP contribution in [0.5, 0.6) is 5.75 Å². The molecule has 0 radical (unpaired) electrons. The van der Waals surface area contributed by atoms with Crippen LogP contribution in [0.25, 0.3) is 11.1 Å². The SMILES string of the molecule is CN(OC(=O)c1cccnc1)c1ccc(-c2ccccc2)c(OC(F)(F)F)c1. The fourth-order valence-corrected chi connectivity index (χ4v) is 2.49. The van der Waals surface area contributed by atoms with E-state index in [-0.39, 0.29) is 16.8 Å². The fourth-order valence-electron chi connectivity index (χ4n) is 2.49. The quantitative estimate of drug-likeness (QED) is 0.585. The molecule has 8 heteroatoms. The van der Waals surface area contributed by atoms with E-state index in [0.29, 0.717) is 5.56 Å². The van der Waals surface area contributed by atoms with Crippen molar-refractivity contribution >= 4 is 11.7 Å². The average molecular weight is 388 g/mol. The van der Waals surface area contributed by atoms with Crippen LogP contribution >= 0.6 is 0 Å². The minimum atomic E-state index is -4.87. The van der Waals surface area contributed by atoms with Gasteiger partial charge in [-0.1, -0.05) is 30.3 Å². The molecule has 1 aromatic heterocycles. The Bertz CT molecular complexity index is 948. The molecule has 3 aromatic rings. The molecule has 0 spiro atoms. The number of carbonyl (C=O) groups excluding carboxylic acids is 1. The van der Waals surface area contributed by atoms with Crippen molar-refractivity contribution in [1.29, 1.82) is 0 Å². The summed E-state index contributed by atoms with van der Waals surface area (Å²) in [6.45, 7) is 0. The summed E-state index contributed by atoms with van der Waals surface area (Å²) < 4.78 is 42.8. The highest BCUT2D eigenvalue weighted by molar-refractivity contribution is 5.89. The molecule has 5 nitrogen and oxygen atoms in total. The van der Waals surface area contributed by atoms with E-state index in [1.807, 2.05) is 0 Å². The molecule has 144 valence electrons. The molecule has 0 saturated carbocycles. The Labute approximate surface area is 158 Å². The van der Waals surface area contributed by atoms with E-state index >= 15 is 0 Å². The number of hydrogen-bond donors (Lipinski definition) is 0. The molecule has 0 aliphatic carbocycles. The highest BCUT2D eigenvalue weighted by Crippen LogP contribution is 2.36. The Kier molecular flexibility index (Phi) is 5.49. The zero-order chi connectivity index (χ0) is 20.1. The van der Waals surface area contributed by atoms with Crippen LogP contribution in [0.3, 0.4) is 0 Å². The summed E-state index contributed by atoms with van der Waals surface area (Å²) in [5, 5.41) is 1.06. The van der Waals surface area contributed by atoms with Gasteiger partial charge in [0.2, 0.25) is 0 Å². The first-order valence-electron chi connectivity index (χ1n) is 8.15. The van der Waals surface area contributed by atoms with E-state index < -0.39 is 18.1 Å². The molecule has 0 unspecified atom stereocenters. The van der Waals surface area contributed by atoms with Gasteiger partial charge in [-0.15, -0.1) is 13.2 Å². The molecule has 28 heavy (non-hydrogen) atoms. The predicted molar refractivity (Wildman–Crippen MR) is 96.6 cm³/mol. The average Bonchev–Trinajstić information content (AvgIpc) is 2.68. The Hall–Kier alpha value is -3.55. The Balaban J connectivity index is 1.89. The van der Waals surface area contributed by atoms with Gasteiger partial charge in [0.25, 0.3) is 0 Å². The second-order valence-corrected chi connectivity index (χ2v) is 5.71. The van der Waals surface area contributed by atoms with Gasteiger partial charge in [0, 0.05) is 31.1 Å². The summed E-state index contributed by atoms with van der Waals surface area (Å²) in [6, 6.07) is 15.8. The number of nitrogens with zero attached hydrogens (tertiary/aromatic N) is 2. The van der Waals surface area contributed by atoms with Crippen molar-refractivity contribution < 1.29 is 27.5 Å². The minimum absolute atomic E-state index is 0.205. The molecule has 0 amide bonds. The zero-order valence-electron chi connectivity index (χ0n) is 14.7. The first kappa shape index (κ1) is 19.2. The van der Waals surface area contributed by atoms with Gasteiger partial charge in [0.05, 0.1) is 11.3 Å². The van der Waals surface area contributed by atoms with E-state index in [2.05, 4.69) is 9.72 Å². The van der Waals surface area contributed by atoms with Crippen LogP contribution in [0.4, 0.5) is 18.9 Å². The number of benzene rings is 2. The van der Waals surface area contributed by atoms with E-state index in [1.54, 1.807) is 36.4 Å². The Morgan fingerprint density at radius 1 is 1.04 bits per heavy atom. The number of anilines is 1. The van der Waals surface area contributed by atoms with Crippen molar-refractivity contribution in [1.82, 2.24) is 4.98 Å². The molecule has 0 bridgehead atoms. The van der Waals surface area contributed by atoms with Gasteiger partial charge in [0.15, 0.2) is 0 Å². The molecule has 0 atom stereocenters. The van der Waals surface area contributed by atoms with Crippen molar-refractivity contribution in [2.24, 2.45) is 0 Å². The molecule has 0 N–H and O–H groups in total. The normalized spacial score (nSPS) is 11.0. The van der Waals surface area contributed by atoms with Crippen LogP contribution in [-0.4, -0.2) is 24.4 Å². The number of rotatable bonds is 5. The van der Waals surface area contributed by atoms with Gasteiger partial charge in [0.1, 0.15) is 5.75 Å². The number of ether oxygens (including phenoxy) is 1. The van der Waals surface area contributed by atoms with E-state index in [4.69, 9.17) is 4.84 Å². The van der Waals surface area contributed by atoms with Crippen molar-refractivity contribution in [3.8, 4) is 16.9 Å². The second-order valence-electron chi connectivity index (χ2n) is 5.71. The predicted octanol–water partition coefficient (Wildman–Crippen LogP) is 4.86. The summed E-state index contributed by atoms with van der Waals surface area (Å²) in [5.41, 5.74) is 1.23. The highest BCUT2D eigenvalue weighted by Gasteiger charge is 2.32. The topological polar surface area (TPSA) is 51.7 Å². The van der Waals surface area contributed by atoms with Crippen LogP contribution in [0, 0.1) is 0 Å². The van der Waals surface area contributed by atoms with Crippen LogP contribution in [0.15, 0.2) is 73.1 Å². The van der Waals surface area contributed by atoms with Crippen molar-refractivity contribution in [2.45, 2.75) is 6.36 Å². The Morgan fingerprint density at radius 3 is 2.43 bits per heavy atom. The van der Waals surface area contributed by atoms with E-state index in [0.717, 1.165) is 11.1 Å². The molecule has 1 heterocycles. The van der Waals surface area contributed by atoms with Crippen LogP contribution in [-0.2, 0) is 4.84 Å². The highest BCUT2D eigenvalue weighted by atomic mass is 19.4.